The van der Waals surface area contributed by atoms with Gasteiger partial charge in [0.05, 0.1) is 5.69 Å². The lowest BCUT2D eigenvalue weighted by Crippen LogP contribution is -2.35. The van der Waals surface area contributed by atoms with Crippen LogP contribution in [0, 0.1) is 0 Å². The number of nitrogens with two attached hydrogens (primary N) is 1. The summed E-state index contributed by atoms with van der Waals surface area (Å²) in [4.78, 5) is 7.36. The minimum absolute atomic E-state index is 0.535. The maximum atomic E-state index is 6.01. The van der Waals surface area contributed by atoms with Gasteiger partial charge in [-0.05, 0) is 31.4 Å². The Hall–Kier alpha value is -1.55. The fraction of sp³-hybridized carbons (Fsp3) is 0.562. The Balaban J connectivity index is 2.06. The number of pyridine rings is 1. The number of nitrogens with zero attached hydrogens (tertiary/aromatic N) is 3. The van der Waals surface area contributed by atoms with E-state index in [0.717, 1.165) is 23.7 Å². The normalized spacial score (nSPS) is 20.3. The van der Waals surface area contributed by atoms with E-state index in [-0.39, 0.29) is 0 Å². The molecule has 0 aliphatic carbocycles. The second kappa shape index (κ2) is 5.83. The number of hydrogen-bond acceptors (Lipinski definition) is 3. The second-order valence-electron chi connectivity index (χ2n) is 5.62. The van der Waals surface area contributed by atoms with Crippen LogP contribution in [0.1, 0.15) is 44.7 Å². The standard InChI is InChI=1S/C16H24N4/c1-2-13-8-4-3-6-10-19(13)16-14(12-17)20-11-7-5-9-15(20)18-16/h5,7,9,11,13H,2-4,6,8,10,12,17H2,1H3. The summed E-state index contributed by atoms with van der Waals surface area (Å²) in [5, 5.41) is 0. The highest BCUT2D eigenvalue weighted by Gasteiger charge is 2.24. The van der Waals surface area contributed by atoms with Crippen molar-refractivity contribution < 1.29 is 0 Å². The zero-order valence-corrected chi connectivity index (χ0v) is 12.3. The summed E-state index contributed by atoms with van der Waals surface area (Å²) in [6.07, 6.45) is 8.44. The summed E-state index contributed by atoms with van der Waals surface area (Å²) >= 11 is 0. The summed E-state index contributed by atoms with van der Waals surface area (Å²) in [6.45, 7) is 3.92. The Morgan fingerprint density at radius 2 is 2.20 bits per heavy atom. The first-order valence-electron chi connectivity index (χ1n) is 7.77. The van der Waals surface area contributed by atoms with Crippen molar-refractivity contribution in [1.82, 2.24) is 9.38 Å². The highest BCUT2D eigenvalue weighted by Crippen LogP contribution is 2.28. The highest BCUT2D eigenvalue weighted by molar-refractivity contribution is 5.56. The zero-order valence-electron chi connectivity index (χ0n) is 12.3. The van der Waals surface area contributed by atoms with Gasteiger partial charge in [0, 0.05) is 25.3 Å². The Bertz CT molecular complexity index is 575. The SMILES string of the molecule is CCC1CCCCCN1c1nc2ccccn2c1CN. The van der Waals surface area contributed by atoms with Crippen molar-refractivity contribution in [3.05, 3.63) is 30.1 Å². The average molecular weight is 272 g/mol. The summed E-state index contributed by atoms with van der Waals surface area (Å²) in [7, 11) is 0. The van der Waals surface area contributed by atoms with E-state index in [0.29, 0.717) is 12.6 Å². The molecule has 1 aliphatic heterocycles. The molecule has 108 valence electrons. The quantitative estimate of drug-likeness (QED) is 0.934. The van der Waals surface area contributed by atoms with Gasteiger partial charge < -0.3 is 15.0 Å². The second-order valence-corrected chi connectivity index (χ2v) is 5.62. The Labute approximate surface area is 120 Å². The van der Waals surface area contributed by atoms with Crippen molar-refractivity contribution in [3.63, 3.8) is 0 Å². The van der Waals surface area contributed by atoms with E-state index in [1.54, 1.807) is 0 Å². The summed E-state index contributed by atoms with van der Waals surface area (Å²) in [6, 6.07) is 6.73. The van der Waals surface area contributed by atoms with E-state index < -0.39 is 0 Å². The Morgan fingerprint density at radius 1 is 1.30 bits per heavy atom. The van der Waals surface area contributed by atoms with Crippen molar-refractivity contribution in [2.75, 3.05) is 11.4 Å². The number of imidazole rings is 1. The molecule has 1 saturated heterocycles. The van der Waals surface area contributed by atoms with Gasteiger partial charge in [0.25, 0.3) is 0 Å². The molecule has 4 heteroatoms. The van der Waals surface area contributed by atoms with Crippen molar-refractivity contribution in [3.8, 4) is 0 Å². The van der Waals surface area contributed by atoms with Crippen LogP contribution < -0.4 is 10.6 Å². The molecule has 4 nitrogen and oxygen atoms in total. The topological polar surface area (TPSA) is 46.6 Å². The Kier molecular flexibility index (Phi) is 3.92. The van der Waals surface area contributed by atoms with Crippen LogP contribution in [0.2, 0.25) is 0 Å². The molecule has 2 aromatic heterocycles. The van der Waals surface area contributed by atoms with E-state index >= 15 is 0 Å². The minimum atomic E-state index is 0.535. The molecule has 0 radical (unpaired) electrons. The predicted molar refractivity (Wildman–Crippen MR) is 83.0 cm³/mol. The van der Waals surface area contributed by atoms with Crippen molar-refractivity contribution >= 4 is 11.5 Å². The molecule has 20 heavy (non-hydrogen) atoms. The minimum Gasteiger partial charge on any atom is -0.352 e. The third-order valence-electron chi connectivity index (χ3n) is 4.42. The first-order valence-corrected chi connectivity index (χ1v) is 7.77. The van der Waals surface area contributed by atoms with Gasteiger partial charge in [-0.25, -0.2) is 4.98 Å². The molecule has 1 unspecified atom stereocenters. The number of fused-ring (bicyclic) bond motifs is 1. The molecule has 0 amide bonds. The van der Waals surface area contributed by atoms with E-state index in [4.69, 9.17) is 10.7 Å². The van der Waals surface area contributed by atoms with Gasteiger partial charge >= 0.3 is 0 Å². The van der Waals surface area contributed by atoms with Gasteiger partial charge in [0.15, 0.2) is 5.82 Å². The first kappa shape index (κ1) is 13.4. The molecule has 1 atom stereocenters. The van der Waals surface area contributed by atoms with Gasteiger partial charge in [0.2, 0.25) is 0 Å². The van der Waals surface area contributed by atoms with Crippen LogP contribution >= 0.6 is 0 Å². The van der Waals surface area contributed by atoms with Crippen LogP contribution in [0.25, 0.3) is 5.65 Å². The number of aromatic nitrogens is 2. The molecule has 0 saturated carbocycles. The lowest BCUT2D eigenvalue weighted by atomic mass is 10.1. The third kappa shape index (κ3) is 2.29. The molecule has 0 bridgehead atoms. The largest absolute Gasteiger partial charge is 0.352 e. The zero-order chi connectivity index (χ0) is 13.9. The van der Waals surface area contributed by atoms with Gasteiger partial charge in [-0.2, -0.15) is 0 Å². The number of anilines is 1. The highest BCUT2D eigenvalue weighted by atomic mass is 15.3. The number of hydrogen-bond donors (Lipinski definition) is 1. The summed E-state index contributed by atoms with van der Waals surface area (Å²) < 4.78 is 2.13. The molecule has 0 aromatic carbocycles. The maximum Gasteiger partial charge on any atom is 0.152 e. The molecular weight excluding hydrogens is 248 g/mol. The van der Waals surface area contributed by atoms with Crippen LogP contribution in [-0.2, 0) is 6.54 Å². The van der Waals surface area contributed by atoms with Crippen LogP contribution in [-0.4, -0.2) is 22.0 Å². The number of rotatable bonds is 3. The first-order chi connectivity index (χ1) is 9.85. The van der Waals surface area contributed by atoms with Crippen molar-refractivity contribution in [1.29, 1.82) is 0 Å². The molecule has 1 aliphatic rings. The Morgan fingerprint density at radius 3 is 3.00 bits per heavy atom. The van der Waals surface area contributed by atoms with E-state index in [1.807, 2.05) is 12.1 Å². The lowest BCUT2D eigenvalue weighted by Gasteiger charge is -2.30. The summed E-state index contributed by atoms with van der Waals surface area (Å²) in [5.74, 6) is 1.10. The van der Waals surface area contributed by atoms with E-state index in [1.165, 1.54) is 32.1 Å². The third-order valence-corrected chi connectivity index (χ3v) is 4.42. The van der Waals surface area contributed by atoms with E-state index in [9.17, 15) is 0 Å². The van der Waals surface area contributed by atoms with Gasteiger partial charge in [-0.15, -0.1) is 0 Å². The van der Waals surface area contributed by atoms with Crippen LogP contribution in [0.4, 0.5) is 5.82 Å². The molecule has 2 N–H and O–H groups in total. The van der Waals surface area contributed by atoms with E-state index in [2.05, 4.69) is 28.5 Å². The average Bonchev–Trinajstić information content (AvgIpc) is 2.69. The lowest BCUT2D eigenvalue weighted by molar-refractivity contribution is 0.551. The van der Waals surface area contributed by atoms with Crippen LogP contribution in [0.15, 0.2) is 24.4 Å². The van der Waals surface area contributed by atoms with Crippen LogP contribution in [0.5, 0.6) is 0 Å². The monoisotopic (exact) mass is 272 g/mol. The van der Waals surface area contributed by atoms with Gasteiger partial charge in [-0.3, -0.25) is 0 Å². The fourth-order valence-corrected chi connectivity index (χ4v) is 3.33. The molecule has 3 heterocycles. The summed E-state index contributed by atoms with van der Waals surface area (Å²) in [5.41, 5.74) is 8.15. The molecule has 2 aromatic rings. The van der Waals surface area contributed by atoms with Gasteiger partial charge in [-0.1, -0.05) is 25.8 Å². The van der Waals surface area contributed by atoms with Crippen LogP contribution in [0.3, 0.4) is 0 Å². The molecular formula is C16H24N4. The maximum absolute atomic E-state index is 6.01. The van der Waals surface area contributed by atoms with Gasteiger partial charge in [0.1, 0.15) is 5.65 Å². The molecule has 0 spiro atoms. The predicted octanol–water partition coefficient (Wildman–Crippen LogP) is 2.95. The van der Waals surface area contributed by atoms with Crippen molar-refractivity contribution in [2.24, 2.45) is 5.73 Å². The smallest absolute Gasteiger partial charge is 0.152 e. The van der Waals surface area contributed by atoms with Crippen molar-refractivity contribution in [2.45, 2.75) is 51.6 Å². The fourth-order valence-electron chi connectivity index (χ4n) is 3.33. The molecule has 3 rings (SSSR count). The molecule has 1 fully saturated rings.